The van der Waals surface area contributed by atoms with Crippen molar-refractivity contribution < 1.29 is 5.11 Å². The molecule has 18 heavy (non-hydrogen) atoms. The minimum absolute atomic E-state index is 0.131. The Morgan fingerprint density at radius 1 is 1.00 bits per heavy atom. The summed E-state index contributed by atoms with van der Waals surface area (Å²) in [6.45, 7) is 0.131. The fraction of sp³-hybridized carbons (Fsp3) is 0.143. The van der Waals surface area contributed by atoms with Gasteiger partial charge in [-0.3, -0.25) is 0 Å². The number of nitrogen functional groups attached to an aromatic ring is 1. The van der Waals surface area contributed by atoms with Crippen molar-refractivity contribution >= 4 is 17.1 Å². The molecule has 0 heterocycles. The number of hydrogen-bond donors (Lipinski definition) is 2. The minimum atomic E-state index is 0.131. The Hall–Kier alpha value is -2.20. The topological polar surface area (TPSA) is 71.0 Å². The van der Waals surface area contributed by atoms with Crippen LogP contribution in [0.25, 0.3) is 0 Å². The third-order valence-corrected chi connectivity index (χ3v) is 2.52. The molecule has 0 saturated carbocycles. The van der Waals surface area contributed by atoms with Crippen LogP contribution in [-0.4, -0.2) is 11.7 Å². The Labute approximate surface area is 106 Å². The molecule has 0 spiro atoms. The summed E-state index contributed by atoms with van der Waals surface area (Å²) in [7, 11) is 0. The van der Waals surface area contributed by atoms with Crippen LogP contribution in [0, 0.1) is 0 Å². The average Bonchev–Trinajstić information content (AvgIpc) is 2.39. The van der Waals surface area contributed by atoms with Gasteiger partial charge in [0, 0.05) is 6.61 Å². The quantitative estimate of drug-likeness (QED) is 0.637. The summed E-state index contributed by atoms with van der Waals surface area (Å²) < 4.78 is 0. The molecule has 0 fully saturated rings. The van der Waals surface area contributed by atoms with E-state index < -0.39 is 0 Å². The molecule has 2 rings (SSSR count). The number of para-hydroxylation sites is 1. The number of aliphatic hydroxyl groups is 1. The highest BCUT2D eigenvalue weighted by Crippen LogP contribution is 2.24. The number of nitrogens with two attached hydrogens (primary N) is 1. The van der Waals surface area contributed by atoms with Gasteiger partial charge in [0.05, 0.1) is 11.4 Å². The van der Waals surface area contributed by atoms with Gasteiger partial charge in [0.15, 0.2) is 0 Å². The average molecular weight is 241 g/mol. The number of rotatable bonds is 4. The lowest BCUT2D eigenvalue weighted by Crippen LogP contribution is -1.88. The van der Waals surface area contributed by atoms with Gasteiger partial charge in [-0.15, -0.1) is 5.11 Å². The molecule has 0 radical (unpaired) electrons. The molecule has 0 unspecified atom stereocenters. The summed E-state index contributed by atoms with van der Waals surface area (Å²) in [5.74, 6) is 0. The van der Waals surface area contributed by atoms with Crippen LogP contribution in [0.2, 0.25) is 0 Å². The number of anilines is 1. The highest BCUT2D eigenvalue weighted by atomic mass is 16.2. The normalized spacial score (nSPS) is 10.9. The number of nitrogens with zero attached hydrogens (tertiary/aromatic N) is 2. The molecule has 0 saturated heterocycles. The van der Waals surface area contributed by atoms with E-state index in [0.717, 1.165) is 11.3 Å². The van der Waals surface area contributed by atoms with Crippen LogP contribution < -0.4 is 5.73 Å². The van der Waals surface area contributed by atoms with E-state index in [1.54, 1.807) is 6.07 Å². The third-order valence-electron chi connectivity index (χ3n) is 2.52. The summed E-state index contributed by atoms with van der Waals surface area (Å²) in [6.07, 6.45) is 0.622. The van der Waals surface area contributed by atoms with Crippen molar-refractivity contribution in [1.82, 2.24) is 0 Å². The van der Waals surface area contributed by atoms with E-state index in [1.165, 1.54) is 0 Å². The van der Waals surface area contributed by atoms with Crippen LogP contribution in [0.15, 0.2) is 58.8 Å². The van der Waals surface area contributed by atoms with E-state index in [1.807, 2.05) is 42.5 Å². The summed E-state index contributed by atoms with van der Waals surface area (Å²) in [5.41, 5.74) is 8.83. The maximum absolute atomic E-state index is 8.88. The monoisotopic (exact) mass is 241 g/mol. The first-order valence-corrected chi connectivity index (χ1v) is 5.75. The highest BCUT2D eigenvalue weighted by molar-refractivity contribution is 5.61. The minimum Gasteiger partial charge on any atom is -0.397 e. The van der Waals surface area contributed by atoms with E-state index in [-0.39, 0.29) is 6.61 Å². The second-order valence-electron chi connectivity index (χ2n) is 3.90. The fourth-order valence-corrected chi connectivity index (χ4v) is 1.59. The number of benzene rings is 2. The number of hydrogen-bond acceptors (Lipinski definition) is 4. The van der Waals surface area contributed by atoms with Crippen molar-refractivity contribution in [1.29, 1.82) is 0 Å². The second-order valence-corrected chi connectivity index (χ2v) is 3.90. The van der Waals surface area contributed by atoms with Crippen LogP contribution in [0.4, 0.5) is 17.1 Å². The van der Waals surface area contributed by atoms with Gasteiger partial charge < -0.3 is 10.8 Å². The zero-order valence-electron chi connectivity index (χ0n) is 9.95. The standard InChI is InChI=1S/C14H15N3O/c15-13-6-1-2-7-14(13)17-16-12-5-3-4-11(10-12)8-9-18/h1-7,10,18H,8-9,15H2. The number of azo groups is 1. The van der Waals surface area contributed by atoms with Gasteiger partial charge >= 0.3 is 0 Å². The lowest BCUT2D eigenvalue weighted by atomic mass is 10.1. The smallest absolute Gasteiger partial charge is 0.109 e. The van der Waals surface area contributed by atoms with E-state index >= 15 is 0 Å². The highest BCUT2D eigenvalue weighted by Gasteiger charge is 1.96. The SMILES string of the molecule is Nc1ccccc1N=Nc1cccc(CCO)c1. The Morgan fingerprint density at radius 2 is 1.83 bits per heavy atom. The van der Waals surface area contributed by atoms with Crippen molar-refractivity contribution in [2.75, 3.05) is 12.3 Å². The molecular weight excluding hydrogens is 226 g/mol. The Morgan fingerprint density at radius 3 is 2.61 bits per heavy atom. The molecular formula is C14H15N3O. The molecule has 0 aliphatic heterocycles. The van der Waals surface area contributed by atoms with Gasteiger partial charge in [-0.05, 0) is 36.2 Å². The molecule has 3 N–H and O–H groups in total. The van der Waals surface area contributed by atoms with Gasteiger partial charge in [-0.2, -0.15) is 5.11 Å². The molecule has 0 aliphatic carbocycles. The van der Waals surface area contributed by atoms with Gasteiger partial charge in [0.25, 0.3) is 0 Å². The van der Waals surface area contributed by atoms with Gasteiger partial charge in [0.1, 0.15) is 5.69 Å². The van der Waals surface area contributed by atoms with Crippen molar-refractivity contribution in [3.8, 4) is 0 Å². The van der Waals surface area contributed by atoms with Crippen molar-refractivity contribution in [2.45, 2.75) is 6.42 Å². The summed E-state index contributed by atoms with van der Waals surface area (Å²) in [6, 6.07) is 14.9. The largest absolute Gasteiger partial charge is 0.397 e. The first kappa shape index (κ1) is 12.3. The van der Waals surface area contributed by atoms with Crippen LogP contribution >= 0.6 is 0 Å². The zero-order chi connectivity index (χ0) is 12.8. The molecule has 2 aromatic rings. The van der Waals surface area contributed by atoms with E-state index in [9.17, 15) is 0 Å². The van der Waals surface area contributed by atoms with E-state index in [4.69, 9.17) is 10.8 Å². The summed E-state index contributed by atoms with van der Waals surface area (Å²) >= 11 is 0. The predicted molar refractivity (Wildman–Crippen MR) is 72.3 cm³/mol. The van der Waals surface area contributed by atoms with Crippen LogP contribution in [0.5, 0.6) is 0 Å². The van der Waals surface area contributed by atoms with Crippen molar-refractivity contribution in [2.24, 2.45) is 10.2 Å². The van der Waals surface area contributed by atoms with Crippen molar-refractivity contribution in [3.05, 3.63) is 54.1 Å². The zero-order valence-corrected chi connectivity index (χ0v) is 9.95. The summed E-state index contributed by atoms with van der Waals surface area (Å²) in [5, 5.41) is 17.1. The van der Waals surface area contributed by atoms with Gasteiger partial charge in [-0.1, -0.05) is 24.3 Å². The predicted octanol–water partition coefficient (Wildman–Crippen LogP) is 3.22. The molecule has 92 valence electrons. The first-order valence-electron chi connectivity index (χ1n) is 5.75. The van der Waals surface area contributed by atoms with Gasteiger partial charge in [-0.25, -0.2) is 0 Å². The molecule has 4 heteroatoms. The molecule has 0 bridgehead atoms. The third kappa shape index (κ3) is 3.15. The molecule has 0 atom stereocenters. The summed E-state index contributed by atoms with van der Waals surface area (Å²) in [4.78, 5) is 0. The fourth-order valence-electron chi connectivity index (χ4n) is 1.59. The molecule has 2 aromatic carbocycles. The Bertz CT molecular complexity index is 552. The lowest BCUT2D eigenvalue weighted by Gasteiger charge is -2.00. The maximum Gasteiger partial charge on any atom is 0.109 e. The Balaban J connectivity index is 2.18. The molecule has 0 amide bonds. The second kappa shape index (κ2) is 5.93. The maximum atomic E-state index is 8.88. The lowest BCUT2D eigenvalue weighted by molar-refractivity contribution is 0.299. The van der Waals surface area contributed by atoms with E-state index in [0.29, 0.717) is 17.8 Å². The number of aliphatic hydroxyl groups excluding tert-OH is 1. The Kier molecular flexibility index (Phi) is 4.04. The van der Waals surface area contributed by atoms with Crippen molar-refractivity contribution in [3.63, 3.8) is 0 Å². The van der Waals surface area contributed by atoms with E-state index in [2.05, 4.69) is 10.2 Å². The van der Waals surface area contributed by atoms with Crippen LogP contribution in [0.3, 0.4) is 0 Å². The molecule has 4 nitrogen and oxygen atoms in total. The molecule has 0 aromatic heterocycles. The first-order chi connectivity index (χ1) is 8.79. The van der Waals surface area contributed by atoms with Crippen LogP contribution in [0.1, 0.15) is 5.56 Å². The molecule has 0 aliphatic rings. The van der Waals surface area contributed by atoms with Crippen LogP contribution in [-0.2, 0) is 6.42 Å². The van der Waals surface area contributed by atoms with Gasteiger partial charge in [0.2, 0.25) is 0 Å².